The summed E-state index contributed by atoms with van der Waals surface area (Å²) in [5, 5.41) is 0. The number of methoxy groups -OCH3 is 1. The lowest BCUT2D eigenvalue weighted by atomic mass is 10.0. The van der Waals surface area contributed by atoms with E-state index in [0.717, 1.165) is 13.2 Å². The van der Waals surface area contributed by atoms with E-state index >= 15 is 0 Å². The second-order valence-corrected chi connectivity index (χ2v) is 4.01. The summed E-state index contributed by atoms with van der Waals surface area (Å²) in [5.41, 5.74) is -0.591. The number of carbonyl (C=O) groups is 1. The molecule has 0 bridgehead atoms. The normalized spacial score (nSPS) is 11.7. The van der Waals surface area contributed by atoms with Gasteiger partial charge in [0.25, 0.3) is 0 Å². The number of rotatable bonds is 4. The molecule has 1 rings (SSSR count). The molecule has 0 aliphatic carbocycles. The Labute approximate surface area is 103 Å². The predicted molar refractivity (Wildman–Crippen MR) is 56.0 cm³/mol. The molecular formula is C10H7BrF4O2. The van der Waals surface area contributed by atoms with Crippen LogP contribution in [0.25, 0.3) is 0 Å². The van der Waals surface area contributed by atoms with Crippen LogP contribution in [-0.2, 0) is 0 Å². The van der Waals surface area contributed by atoms with E-state index in [4.69, 9.17) is 0 Å². The molecule has 94 valence electrons. The smallest absolute Gasteiger partial charge is 0.369 e. The first kappa shape index (κ1) is 14.0. The number of ether oxygens (including phenoxy) is 1. The van der Waals surface area contributed by atoms with Crippen LogP contribution >= 0.6 is 15.9 Å². The van der Waals surface area contributed by atoms with Crippen LogP contribution < -0.4 is 4.74 Å². The van der Waals surface area contributed by atoms with Gasteiger partial charge in [0.2, 0.25) is 5.78 Å². The van der Waals surface area contributed by atoms with E-state index in [2.05, 4.69) is 20.7 Å². The second-order valence-electron chi connectivity index (χ2n) is 3.10. The van der Waals surface area contributed by atoms with Gasteiger partial charge < -0.3 is 4.74 Å². The van der Waals surface area contributed by atoms with Crippen molar-refractivity contribution in [3.05, 3.63) is 28.2 Å². The van der Waals surface area contributed by atoms with Crippen LogP contribution in [0, 0.1) is 0 Å². The van der Waals surface area contributed by atoms with Crippen LogP contribution in [0.4, 0.5) is 17.6 Å². The minimum atomic E-state index is -4.73. The molecule has 0 aliphatic heterocycles. The van der Waals surface area contributed by atoms with Crippen molar-refractivity contribution in [3.63, 3.8) is 0 Å². The lowest BCUT2D eigenvalue weighted by Crippen LogP contribution is -2.36. The first-order valence-corrected chi connectivity index (χ1v) is 5.14. The highest BCUT2D eigenvalue weighted by atomic mass is 79.9. The molecule has 0 N–H and O–H groups in total. The van der Waals surface area contributed by atoms with Gasteiger partial charge in [0, 0.05) is 4.47 Å². The van der Waals surface area contributed by atoms with Gasteiger partial charge in [0.1, 0.15) is 5.75 Å². The number of hydrogen-bond donors (Lipinski definition) is 0. The minimum Gasteiger partial charge on any atom is -0.496 e. The zero-order valence-electron chi connectivity index (χ0n) is 8.52. The van der Waals surface area contributed by atoms with Gasteiger partial charge in [-0.3, -0.25) is 4.79 Å². The summed E-state index contributed by atoms with van der Waals surface area (Å²) < 4.78 is 54.9. The Morgan fingerprint density at radius 3 is 2.47 bits per heavy atom. The van der Waals surface area contributed by atoms with Gasteiger partial charge in [-0.05, 0) is 18.2 Å². The molecule has 0 amide bonds. The third-order valence-electron chi connectivity index (χ3n) is 1.98. The predicted octanol–water partition coefficient (Wildman–Crippen LogP) is 3.54. The van der Waals surface area contributed by atoms with Crippen LogP contribution in [-0.4, -0.2) is 25.2 Å². The molecule has 1 aromatic rings. The van der Waals surface area contributed by atoms with Crippen molar-refractivity contribution in [2.45, 2.75) is 12.3 Å². The molecule has 0 saturated carbocycles. The van der Waals surface area contributed by atoms with Crippen molar-refractivity contribution in [1.29, 1.82) is 0 Å². The average molecular weight is 315 g/mol. The number of Topliss-reactive ketones (excluding diaryl/α,β-unsaturated/α-hetero) is 1. The molecule has 0 atom stereocenters. The molecule has 0 aliphatic rings. The fourth-order valence-corrected chi connectivity index (χ4v) is 1.50. The second kappa shape index (κ2) is 5.03. The van der Waals surface area contributed by atoms with Gasteiger partial charge in [-0.1, -0.05) is 15.9 Å². The van der Waals surface area contributed by atoms with Crippen LogP contribution in [0.1, 0.15) is 10.4 Å². The van der Waals surface area contributed by atoms with Gasteiger partial charge in [-0.25, -0.2) is 8.78 Å². The molecule has 1 aromatic carbocycles. The van der Waals surface area contributed by atoms with Crippen molar-refractivity contribution < 1.29 is 27.1 Å². The number of carbonyl (C=O) groups excluding carboxylic acids is 1. The Morgan fingerprint density at radius 2 is 2.00 bits per heavy atom. The van der Waals surface area contributed by atoms with Crippen molar-refractivity contribution in [2.75, 3.05) is 7.11 Å². The highest BCUT2D eigenvalue weighted by molar-refractivity contribution is 9.10. The molecule has 0 fully saturated rings. The van der Waals surface area contributed by atoms with E-state index in [1.165, 1.54) is 12.1 Å². The van der Waals surface area contributed by atoms with Crippen molar-refractivity contribution in [3.8, 4) is 5.75 Å². The maximum Gasteiger partial charge on any atom is 0.369 e. The lowest BCUT2D eigenvalue weighted by Gasteiger charge is -2.15. The van der Waals surface area contributed by atoms with Crippen LogP contribution in [0.15, 0.2) is 22.7 Å². The Balaban J connectivity index is 3.24. The highest BCUT2D eigenvalue weighted by Crippen LogP contribution is 2.32. The molecular weight excluding hydrogens is 308 g/mol. The number of benzene rings is 1. The average Bonchev–Trinajstić information content (AvgIpc) is 2.27. The van der Waals surface area contributed by atoms with Gasteiger partial charge in [0.15, 0.2) is 0 Å². The maximum atomic E-state index is 12.9. The molecule has 0 aromatic heterocycles. The molecule has 17 heavy (non-hydrogen) atoms. The SMILES string of the molecule is COc1ccc(Br)cc1C(=O)C(F)(F)C(F)F. The summed E-state index contributed by atoms with van der Waals surface area (Å²) in [7, 11) is 1.15. The zero-order chi connectivity index (χ0) is 13.2. The molecule has 0 heterocycles. The van der Waals surface area contributed by atoms with Crippen molar-refractivity contribution in [2.24, 2.45) is 0 Å². The van der Waals surface area contributed by atoms with Crippen molar-refractivity contribution >= 4 is 21.7 Å². The molecule has 7 heteroatoms. The van der Waals surface area contributed by atoms with E-state index in [9.17, 15) is 22.4 Å². The van der Waals surface area contributed by atoms with Gasteiger partial charge in [-0.2, -0.15) is 8.78 Å². The largest absolute Gasteiger partial charge is 0.496 e. The highest BCUT2D eigenvalue weighted by Gasteiger charge is 2.49. The summed E-state index contributed by atoms with van der Waals surface area (Å²) in [4.78, 5) is 11.3. The van der Waals surface area contributed by atoms with Crippen LogP contribution in [0.5, 0.6) is 5.75 Å². The number of hydrogen-bond acceptors (Lipinski definition) is 2. The number of alkyl halides is 4. The third-order valence-corrected chi connectivity index (χ3v) is 2.48. The topological polar surface area (TPSA) is 26.3 Å². The zero-order valence-corrected chi connectivity index (χ0v) is 10.1. The van der Waals surface area contributed by atoms with E-state index in [-0.39, 0.29) is 5.75 Å². The van der Waals surface area contributed by atoms with Crippen LogP contribution in [0.3, 0.4) is 0 Å². The molecule has 0 unspecified atom stereocenters. The van der Waals surface area contributed by atoms with E-state index in [1.807, 2.05) is 0 Å². The Morgan fingerprint density at radius 1 is 1.41 bits per heavy atom. The number of halogens is 5. The van der Waals surface area contributed by atoms with Gasteiger partial charge >= 0.3 is 12.3 Å². The third kappa shape index (κ3) is 2.77. The van der Waals surface area contributed by atoms with Gasteiger partial charge in [-0.15, -0.1) is 0 Å². The summed E-state index contributed by atoms with van der Waals surface area (Å²) in [5.74, 6) is -6.88. The van der Waals surface area contributed by atoms with Crippen molar-refractivity contribution in [1.82, 2.24) is 0 Å². The fraction of sp³-hybridized carbons (Fsp3) is 0.300. The molecule has 0 spiro atoms. The van der Waals surface area contributed by atoms with E-state index in [1.54, 1.807) is 0 Å². The first-order valence-electron chi connectivity index (χ1n) is 4.35. The quantitative estimate of drug-likeness (QED) is 0.627. The van der Waals surface area contributed by atoms with E-state index in [0.29, 0.717) is 4.47 Å². The standard InChI is InChI=1S/C10H7BrF4O2/c1-17-7-3-2-5(11)4-6(7)8(16)10(14,15)9(12)13/h2-4,9H,1H3. The minimum absolute atomic E-state index is 0.182. The summed E-state index contributed by atoms with van der Waals surface area (Å²) in [6, 6.07) is 3.69. The molecule has 2 nitrogen and oxygen atoms in total. The van der Waals surface area contributed by atoms with Crippen LogP contribution in [0.2, 0.25) is 0 Å². The summed E-state index contributed by atoms with van der Waals surface area (Å²) in [6.45, 7) is 0. The lowest BCUT2D eigenvalue weighted by molar-refractivity contribution is -0.0959. The molecule has 0 radical (unpaired) electrons. The Hall–Kier alpha value is -1.11. The Bertz CT molecular complexity index is 434. The summed E-state index contributed by atoms with van der Waals surface area (Å²) >= 11 is 2.96. The Kier molecular flexibility index (Phi) is 4.13. The number of ketones is 1. The van der Waals surface area contributed by atoms with E-state index < -0.39 is 23.7 Å². The van der Waals surface area contributed by atoms with Gasteiger partial charge in [0.05, 0.1) is 12.7 Å². The fourth-order valence-electron chi connectivity index (χ4n) is 1.14. The summed E-state index contributed by atoms with van der Waals surface area (Å²) in [6.07, 6.45) is -4.06. The first-order chi connectivity index (χ1) is 7.80. The maximum absolute atomic E-state index is 12.9. The molecule has 0 saturated heterocycles. The monoisotopic (exact) mass is 314 g/mol.